The maximum absolute atomic E-state index is 2.87. The standard InChI is InChI=1S/C17H31N/c1-17(2,3)15-8-10-18(11-9-15)16-12-13-4-6-14(16)7-5-13/h13-16H,4-12H2,1-3H3/t13?,14?,16-/m1/s1. The quantitative estimate of drug-likeness (QED) is 0.669. The van der Waals surface area contributed by atoms with E-state index in [1.807, 2.05) is 0 Å². The Kier molecular flexibility index (Phi) is 3.47. The van der Waals surface area contributed by atoms with Gasteiger partial charge in [-0.2, -0.15) is 0 Å². The van der Waals surface area contributed by atoms with Gasteiger partial charge in [0.2, 0.25) is 0 Å². The second kappa shape index (κ2) is 4.81. The van der Waals surface area contributed by atoms with Crippen molar-refractivity contribution in [3.05, 3.63) is 0 Å². The van der Waals surface area contributed by atoms with Gasteiger partial charge in [0.05, 0.1) is 0 Å². The normalized spacial score (nSPS) is 39.2. The maximum atomic E-state index is 2.87. The van der Waals surface area contributed by atoms with Crippen LogP contribution in [0.5, 0.6) is 0 Å². The third kappa shape index (κ3) is 2.48. The Morgan fingerprint density at radius 1 is 0.833 bits per heavy atom. The summed E-state index contributed by atoms with van der Waals surface area (Å²) in [4.78, 5) is 2.87. The van der Waals surface area contributed by atoms with Crippen LogP contribution < -0.4 is 0 Å². The van der Waals surface area contributed by atoms with Crippen LogP contribution in [0, 0.1) is 23.2 Å². The van der Waals surface area contributed by atoms with Crippen LogP contribution in [0.4, 0.5) is 0 Å². The van der Waals surface area contributed by atoms with Crippen molar-refractivity contribution in [1.29, 1.82) is 0 Å². The molecule has 0 aromatic heterocycles. The third-order valence-corrected chi connectivity index (χ3v) is 6.23. The first-order valence-corrected chi connectivity index (χ1v) is 8.28. The van der Waals surface area contributed by atoms with Crippen LogP contribution in [0.1, 0.15) is 65.7 Å². The fourth-order valence-corrected chi connectivity index (χ4v) is 4.89. The molecule has 4 rings (SSSR count). The number of fused-ring (bicyclic) bond motifs is 3. The molecular formula is C17H31N. The van der Waals surface area contributed by atoms with Crippen molar-refractivity contribution in [1.82, 2.24) is 4.90 Å². The highest BCUT2D eigenvalue weighted by molar-refractivity contribution is 4.93. The fourth-order valence-electron chi connectivity index (χ4n) is 4.89. The Bertz CT molecular complexity index is 274. The zero-order valence-electron chi connectivity index (χ0n) is 12.6. The summed E-state index contributed by atoms with van der Waals surface area (Å²) < 4.78 is 0. The van der Waals surface area contributed by atoms with Crippen molar-refractivity contribution >= 4 is 0 Å². The van der Waals surface area contributed by atoms with E-state index in [2.05, 4.69) is 25.7 Å². The van der Waals surface area contributed by atoms with Gasteiger partial charge in [-0.25, -0.2) is 0 Å². The zero-order valence-corrected chi connectivity index (χ0v) is 12.6. The molecular weight excluding hydrogens is 218 g/mol. The van der Waals surface area contributed by atoms with Gasteiger partial charge >= 0.3 is 0 Å². The van der Waals surface area contributed by atoms with Crippen molar-refractivity contribution in [2.75, 3.05) is 13.1 Å². The van der Waals surface area contributed by atoms with Gasteiger partial charge in [0.1, 0.15) is 0 Å². The average molecular weight is 249 g/mol. The first kappa shape index (κ1) is 13.0. The van der Waals surface area contributed by atoms with E-state index in [0.717, 1.165) is 23.8 Å². The Morgan fingerprint density at radius 2 is 1.44 bits per heavy atom. The van der Waals surface area contributed by atoms with Gasteiger partial charge < -0.3 is 4.90 Å². The molecule has 3 aliphatic carbocycles. The van der Waals surface area contributed by atoms with Crippen molar-refractivity contribution < 1.29 is 0 Å². The second-order valence-corrected chi connectivity index (χ2v) is 8.26. The predicted octanol–water partition coefficient (Wildman–Crippen LogP) is 4.32. The lowest BCUT2D eigenvalue weighted by Crippen LogP contribution is -2.51. The zero-order chi connectivity index (χ0) is 12.8. The molecule has 2 bridgehead atoms. The maximum Gasteiger partial charge on any atom is 0.0126 e. The van der Waals surface area contributed by atoms with E-state index in [1.54, 1.807) is 12.8 Å². The first-order valence-electron chi connectivity index (χ1n) is 8.28. The lowest BCUT2D eigenvalue weighted by Gasteiger charge is -2.50. The van der Waals surface area contributed by atoms with Gasteiger partial charge in [0.15, 0.2) is 0 Å². The van der Waals surface area contributed by atoms with Gasteiger partial charge in [-0.05, 0) is 68.4 Å². The summed E-state index contributed by atoms with van der Waals surface area (Å²) in [6, 6.07) is 0.971. The second-order valence-electron chi connectivity index (χ2n) is 8.26. The van der Waals surface area contributed by atoms with Gasteiger partial charge in [0.25, 0.3) is 0 Å². The summed E-state index contributed by atoms with van der Waals surface area (Å²) in [6.45, 7) is 10.0. The highest BCUT2D eigenvalue weighted by Gasteiger charge is 2.40. The van der Waals surface area contributed by atoms with Crippen LogP contribution >= 0.6 is 0 Å². The summed E-state index contributed by atoms with van der Waals surface area (Å²) in [7, 11) is 0. The van der Waals surface area contributed by atoms with E-state index in [9.17, 15) is 0 Å². The van der Waals surface area contributed by atoms with E-state index in [4.69, 9.17) is 0 Å². The Labute approximate surface area is 113 Å². The summed E-state index contributed by atoms with van der Waals surface area (Å²) in [5.41, 5.74) is 0.525. The van der Waals surface area contributed by atoms with Crippen molar-refractivity contribution in [3.63, 3.8) is 0 Å². The number of hydrogen-bond donors (Lipinski definition) is 0. The van der Waals surface area contributed by atoms with Crippen LogP contribution in [0.3, 0.4) is 0 Å². The van der Waals surface area contributed by atoms with E-state index < -0.39 is 0 Å². The Hall–Kier alpha value is -0.0400. The van der Waals surface area contributed by atoms with Crippen LogP contribution in [-0.2, 0) is 0 Å². The molecule has 1 atom stereocenters. The molecule has 3 saturated carbocycles. The monoisotopic (exact) mass is 249 g/mol. The minimum absolute atomic E-state index is 0.525. The van der Waals surface area contributed by atoms with E-state index in [1.165, 1.54) is 45.2 Å². The lowest BCUT2D eigenvalue weighted by molar-refractivity contribution is 0.00188. The molecule has 0 radical (unpaired) electrons. The number of rotatable bonds is 1. The van der Waals surface area contributed by atoms with Crippen molar-refractivity contribution in [2.24, 2.45) is 23.2 Å². The van der Waals surface area contributed by atoms with E-state index in [0.29, 0.717) is 5.41 Å². The van der Waals surface area contributed by atoms with Gasteiger partial charge in [-0.1, -0.05) is 33.6 Å². The largest absolute Gasteiger partial charge is 0.300 e. The molecule has 1 aliphatic heterocycles. The molecule has 1 saturated heterocycles. The van der Waals surface area contributed by atoms with Crippen molar-refractivity contribution in [2.45, 2.75) is 71.8 Å². The summed E-state index contributed by atoms with van der Waals surface area (Å²) in [5, 5.41) is 0. The molecule has 0 aromatic rings. The average Bonchev–Trinajstić information content (AvgIpc) is 2.39. The summed E-state index contributed by atoms with van der Waals surface area (Å²) >= 11 is 0. The molecule has 1 nitrogen and oxygen atoms in total. The fraction of sp³-hybridized carbons (Fsp3) is 1.00. The van der Waals surface area contributed by atoms with Crippen molar-refractivity contribution in [3.8, 4) is 0 Å². The molecule has 104 valence electrons. The first-order chi connectivity index (χ1) is 8.54. The molecule has 0 amide bonds. The van der Waals surface area contributed by atoms with Crippen LogP contribution in [0.2, 0.25) is 0 Å². The molecule has 4 fully saturated rings. The minimum Gasteiger partial charge on any atom is -0.300 e. The number of nitrogens with zero attached hydrogens (tertiary/aromatic N) is 1. The molecule has 0 aromatic carbocycles. The smallest absolute Gasteiger partial charge is 0.0126 e. The number of likely N-dealkylation sites (tertiary alicyclic amines) is 1. The minimum atomic E-state index is 0.525. The van der Waals surface area contributed by atoms with E-state index in [-0.39, 0.29) is 0 Å². The van der Waals surface area contributed by atoms with E-state index >= 15 is 0 Å². The molecule has 0 N–H and O–H groups in total. The van der Waals surface area contributed by atoms with Crippen LogP contribution in [0.15, 0.2) is 0 Å². The SMILES string of the molecule is CC(C)(C)C1CCN([C@@H]2CC3CCC2CC3)CC1. The summed E-state index contributed by atoms with van der Waals surface area (Å²) in [6.07, 6.45) is 10.6. The molecule has 0 unspecified atom stereocenters. The molecule has 0 spiro atoms. The number of piperidine rings is 1. The molecule has 1 heteroatoms. The highest BCUT2D eigenvalue weighted by atomic mass is 15.2. The van der Waals surface area contributed by atoms with Crippen LogP contribution in [-0.4, -0.2) is 24.0 Å². The molecule has 1 heterocycles. The van der Waals surface area contributed by atoms with Gasteiger partial charge in [-0.15, -0.1) is 0 Å². The van der Waals surface area contributed by atoms with Crippen LogP contribution in [0.25, 0.3) is 0 Å². The Balaban J connectivity index is 1.57. The van der Waals surface area contributed by atoms with Gasteiger partial charge in [0, 0.05) is 6.04 Å². The third-order valence-electron chi connectivity index (χ3n) is 6.23. The predicted molar refractivity (Wildman–Crippen MR) is 77.6 cm³/mol. The highest BCUT2D eigenvalue weighted by Crippen LogP contribution is 2.45. The Morgan fingerprint density at radius 3 is 1.89 bits per heavy atom. The molecule has 4 aliphatic rings. The molecule has 18 heavy (non-hydrogen) atoms. The summed E-state index contributed by atoms with van der Waals surface area (Å²) in [5.74, 6) is 3.09. The van der Waals surface area contributed by atoms with Gasteiger partial charge in [-0.3, -0.25) is 0 Å². The lowest BCUT2D eigenvalue weighted by atomic mass is 9.66. The topological polar surface area (TPSA) is 3.24 Å². The number of hydrogen-bond acceptors (Lipinski definition) is 1.